The Bertz CT molecular complexity index is 785. The quantitative estimate of drug-likeness (QED) is 0.760. The van der Waals surface area contributed by atoms with Gasteiger partial charge in [0.1, 0.15) is 18.0 Å². The predicted octanol–water partition coefficient (Wildman–Crippen LogP) is 4.37. The van der Waals surface area contributed by atoms with Gasteiger partial charge in [0, 0.05) is 15.4 Å². The fraction of sp³-hybridized carbons (Fsp3) is 0.125. The summed E-state index contributed by atoms with van der Waals surface area (Å²) in [5.41, 5.74) is 7.32. The lowest BCUT2D eigenvalue weighted by Gasteiger charge is -2.07. The third-order valence-electron chi connectivity index (χ3n) is 3.23. The van der Waals surface area contributed by atoms with Crippen LogP contribution in [0.1, 0.15) is 11.3 Å². The van der Waals surface area contributed by atoms with Crippen LogP contribution in [0.4, 0.5) is 4.39 Å². The number of hydrogen-bond acceptors (Lipinski definition) is 3. The number of nitrogens with two attached hydrogens (primary N) is 1. The Labute approximate surface area is 129 Å². The van der Waals surface area contributed by atoms with Crippen molar-refractivity contribution >= 4 is 26.9 Å². The summed E-state index contributed by atoms with van der Waals surface area (Å²) >= 11 is 3.21. The molecule has 108 valence electrons. The SMILES string of the molecule is NCc1oc2ccccc2c1COc1ccc(Br)cc1F. The molecule has 3 nitrogen and oxygen atoms in total. The van der Waals surface area contributed by atoms with Crippen LogP contribution in [-0.4, -0.2) is 0 Å². The van der Waals surface area contributed by atoms with Gasteiger partial charge < -0.3 is 14.9 Å². The first-order chi connectivity index (χ1) is 10.2. The monoisotopic (exact) mass is 349 g/mol. The first-order valence-electron chi connectivity index (χ1n) is 6.46. The highest BCUT2D eigenvalue weighted by Gasteiger charge is 2.14. The van der Waals surface area contributed by atoms with Gasteiger partial charge in [-0.05, 0) is 24.3 Å². The average molecular weight is 350 g/mol. The second kappa shape index (κ2) is 5.87. The van der Waals surface area contributed by atoms with Gasteiger partial charge in [-0.25, -0.2) is 4.39 Å². The topological polar surface area (TPSA) is 48.4 Å². The van der Waals surface area contributed by atoms with Crippen LogP contribution in [0.2, 0.25) is 0 Å². The van der Waals surface area contributed by atoms with Crippen molar-refractivity contribution in [3.8, 4) is 5.75 Å². The maximum atomic E-state index is 13.8. The first-order valence-corrected chi connectivity index (χ1v) is 7.25. The Morgan fingerprint density at radius 1 is 1.19 bits per heavy atom. The van der Waals surface area contributed by atoms with Crippen molar-refractivity contribution in [3.05, 3.63) is 64.1 Å². The molecule has 1 aromatic heterocycles. The van der Waals surface area contributed by atoms with E-state index in [1.165, 1.54) is 6.07 Å². The van der Waals surface area contributed by atoms with Crippen LogP contribution in [0.3, 0.4) is 0 Å². The second-order valence-corrected chi connectivity index (χ2v) is 5.48. The summed E-state index contributed by atoms with van der Waals surface area (Å²) in [6, 6.07) is 12.3. The van der Waals surface area contributed by atoms with Crippen molar-refractivity contribution in [1.29, 1.82) is 0 Å². The van der Waals surface area contributed by atoms with Gasteiger partial charge in [-0.3, -0.25) is 0 Å². The van der Waals surface area contributed by atoms with Gasteiger partial charge in [0.25, 0.3) is 0 Å². The second-order valence-electron chi connectivity index (χ2n) is 4.57. The number of halogens is 2. The van der Waals surface area contributed by atoms with E-state index in [1.54, 1.807) is 12.1 Å². The minimum absolute atomic E-state index is 0.200. The summed E-state index contributed by atoms with van der Waals surface area (Å²) in [6.07, 6.45) is 0. The molecule has 21 heavy (non-hydrogen) atoms. The molecular weight excluding hydrogens is 337 g/mol. The molecule has 0 aliphatic carbocycles. The molecule has 3 aromatic rings. The molecule has 0 atom stereocenters. The Morgan fingerprint density at radius 2 is 2.00 bits per heavy atom. The third kappa shape index (κ3) is 2.80. The molecule has 0 saturated carbocycles. The van der Waals surface area contributed by atoms with Crippen molar-refractivity contribution < 1.29 is 13.5 Å². The zero-order valence-electron chi connectivity index (χ0n) is 11.1. The van der Waals surface area contributed by atoms with Gasteiger partial charge >= 0.3 is 0 Å². The fourth-order valence-corrected chi connectivity index (χ4v) is 2.55. The van der Waals surface area contributed by atoms with Gasteiger partial charge in [0.2, 0.25) is 0 Å². The molecule has 3 rings (SSSR count). The predicted molar refractivity (Wildman–Crippen MR) is 82.5 cm³/mol. The zero-order chi connectivity index (χ0) is 14.8. The minimum Gasteiger partial charge on any atom is -0.486 e. The van der Waals surface area contributed by atoms with Crippen LogP contribution in [0, 0.1) is 5.82 Å². The molecule has 0 amide bonds. The van der Waals surface area contributed by atoms with Crippen molar-refractivity contribution in [3.63, 3.8) is 0 Å². The van der Waals surface area contributed by atoms with Crippen LogP contribution >= 0.6 is 15.9 Å². The molecule has 5 heteroatoms. The van der Waals surface area contributed by atoms with E-state index < -0.39 is 5.82 Å². The smallest absolute Gasteiger partial charge is 0.166 e. The maximum Gasteiger partial charge on any atom is 0.166 e. The molecular formula is C16H13BrFNO2. The Morgan fingerprint density at radius 3 is 2.76 bits per heavy atom. The van der Waals surface area contributed by atoms with E-state index in [0.29, 0.717) is 10.2 Å². The van der Waals surface area contributed by atoms with E-state index in [2.05, 4.69) is 15.9 Å². The third-order valence-corrected chi connectivity index (χ3v) is 3.73. The highest BCUT2D eigenvalue weighted by Crippen LogP contribution is 2.28. The number of ether oxygens (including phenoxy) is 1. The number of benzene rings is 2. The van der Waals surface area contributed by atoms with E-state index in [1.807, 2.05) is 24.3 Å². The zero-order valence-corrected chi connectivity index (χ0v) is 12.7. The minimum atomic E-state index is -0.411. The summed E-state index contributed by atoms with van der Waals surface area (Å²) in [5, 5.41) is 0.940. The van der Waals surface area contributed by atoms with Gasteiger partial charge in [0.05, 0.1) is 6.54 Å². The van der Waals surface area contributed by atoms with E-state index in [0.717, 1.165) is 16.5 Å². The lowest BCUT2D eigenvalue weighted by Crippen LogP contribution is -2.03. The molecule has 2 N–H and O–H groups in total. The lowest BCUT2D eigenvalue weighted by molar-refractivity contribution is 0.288. The Hall–Kier alpha value is -1.85. The standard InChI is InChI=1S/C16H13BrFNO2/c17-10-5-6-15(13(18)7-10)20-9-12-11-3-1-2-4-14(11)21-16(12)8-19/h1-7H,8-9,19H2. The Kier molecular flexibility index (Phi) is 3.94. The fourth-order valence-electron chi connectivity index (χ4n) is 2.21. The first kappa shape index (κ1) is 14.1. The highest BCUT2D eigenvalue weighted by atomic mass is 79.9. The van der Waals surface area contributed by atoms with Gasteiger partial charge in [0.15, 0.2) is 11.6 Å². The maximum absolute atomic E-state index is 13.8. The normalized spacial score (nSPS) is 11.0. The number of hydrogen-bond donors (Lipinski definition) is 1. The molecule has 1 heterocycles. The summed E-state index contributed by atoms with van der Waals surface area (Å²) in [4.78, 5) is 0. The molecule has 0 aliphatic rings. The summed E-state index contributed by atoms with van der Waals surface area (Å²) < 4.78 is 25.7. The summed E-state index contributed by atoms with van der Waals surface area (Å²) in [5.74, 6) is 0.451. The van der Waals surface area contributed by atoms with E-state index in [4.69, 9.17) is 14.9 Å². The van der Waals surface area contributed by atoms with E-state index in [-0.39, 0.29) is 18.9 Å². The molecule has 0 spiro atoms. The van der Waals surface area contributed by atoms with Gasteiger partial charge in [-0.2, -0.15) is 0 Å². The number of furan rings is 1. The van der Waals surface area contributed by atoms with Crippen molar-refractivity contribution in [2.24, 2.45) is 5.73 Å². The average Bonchev–Trinajstić information content (AvgIpc) is 2.84. The molecule has 0 fully saturated rings. The largest absolute Gasteiger partial charge is 0.486 e. The molecule has 0 aliphatic heterocycles. The van der Waals surface area contributed by atoms with Crippen LogP contribution in [0.25, 0.3) is 11.0 Å². The number of rotatable bonds is 4. The van der Waals surface area contributed by atoms with E-state index in [9.17, 15) is 4.39 Å². The van der Waals surface area contributed by atoms with Crippen LogP contribution < -0.4 is 10.5 Å². The molecule has 2 aromatic carbocycles. The highest BCUT2D eigenvalue weighted by molar-refractivity contribution is 9.10. The number of para-hydroxylation sites is 1. The van der Waals surface area contributed by atoms with Crippen LogP contribution in [0.15, 0.2) is 51.4 Å². The molecule has 0 radical (unpaired) electrons. The Balaban J connectivity index is 1.91. The number of fused-ring (bicyclic) bond motifs is 1. The lowest BCUT2D eigenvalue weighted by atomic mass is 10.1. The van der Waals surface area contributed by atoms with Crippen LogP contribution in [-0.2, 0) is 13.2 Å². The molecule has 0 saturated heterocycles. The summed E-state index contributed by atoms with van der Waals surface area (Å²) in [6.45, 7) is 0.484. The van der Waals surface area contributed by atoms with Gasteiger partial charge in [-0.1, -0.05) is 34.1 Å². The van der Waals surface area contributed by atoms with Crippen molar-refractivity contribution in [2.45, 2.75) is 13.2 Å². The molecule has 0 bridgehead atoms. The van der Waals surface area contributed by atoms with Crippen molar-refractivity contribution in [1.82, 2.24) is 0 Å². The van der Waals surface area contributed by atoms with Crippen molar-refractivity contribution in [2.75, 3.05) is 0 Å². The molecule has 0 unspecified atom stereocenters. The van der Waals surface area contributed by atoms with Crippen LogP contribution in [0.5, 0.6) is 5.75 Å². The van der Waals surface area contributed by atoms with E-state index >= 15 is 0 Å². The van der Waals surface area contributed by atoms with Gasteiger partial charge in [-0.15, -0.1) is 0 Å². The summed E-state index contributed by atoms with van der Waals surface area (Å²) in [7, 11) is 0.